The van der Waals surface area contributed by atoms with E-state index >= 15 is 0 Å². The lowest BCUT2D eigenvalue weighted by molar-refractivity contribution is -0.0427. The van der Waals surface area contributed by atoms with Crippen LogP contribution in [0.4, 0.5) is 0 Å². The van der Waals surface area contributed by atoms with E-state index in [1.807, 2.05) is 0 Å². The molecule has 0 aromatic heterocycles. The van der Waals surface area contributed by atoms with Crippen LogP contribution in [-0.4, -0.2) is 52.2 Å². The van der Waals surface area contributed by atoms with Crippen LogP contribution in [0.2, 0.25) is 0 Å². The van der Waals surface area contributed by atoms with Gasteiger partial charge in [-0.15, -0.1) is 0 Å². The molecule has 0 aromatic carbocycles. The lowest BCUT2D eigenvalue weighted by Crippen LogP contribution is -2.41. The molecule has 0 spiro atoms. The van der Waals surface area contributed by atoms with Crippen LogP contribution in [0.15, 0.2) is 0 Å². The SMILES string of the molecule is CCCOCCOCC1CNCCO1. The van der Waals surface area contributed by atoms with Crippen molar-refractivity contribution in [2.45, 2.75) is 19.4 Å². The first kappa shape index (κ1) is 11.9. The maximum atomic E-state index is 5.48. The van der Waals surface area contributed by atoms with Crippen molar-refractivity contribution in [3.8, 4) is 0 Å². The Morgan fingerprint density at radius 1 is 1.29 bits per heavy atom. The van der Waals surface area contributed by atoms with Gasteiger partial charge in [-0.2, -0.15) is 0 Å². The third kappa shape index (κ3) is 5.54. The molecule has 0 aromatic rings. The van der Waals surface area contributed by atoms with E-state index < -0.39 is 0 Å². The summed E-state index contributed by atoms with van der Waals surface area (Å²) in [6, 6.07) is 0. The minimum Gasteiger partial charge on any atom is -0.379 e. The molecule has 1 aliphatic heterocycles. The van der Waals surface area contributed by atoms with Crippen molar-refractivity contribution in [1.29, 1.82) is 0 Å². The Hall–Kier alpha value is -0.160. The van der Waals surface area contributed by atoms with Gasteiger partial charge in [-0.3, -0.25) is 0 Å². The highest BCUT2D eigenvalue weighted by atomic mass is 16.5. The summed E-state index contributed by atoms with van der Waals surface area (Å²) in [5.41, 5.74) is 0. The monoisotopic (exact) mass is 203 g/mol. The van der Waals surface area contributed by atoms with Gasteiger partial charge in [-0.1, -0.05) is 6.92 Å². The molecule has 1 saturated heterocycles. The Balaban J connectivity index is 1.82. The maximum absolute atomic E-state index is 5.48. The molecule has 1 aliphatic rings. The fourth-order valence-electron chi connectivity index (χ4n) is 1.31. The van der Waals surface area contributed by atoms with Crippen LogP contribution in [0.1, 0.15) is 13.3 Å². The molecule has 0 radical (unpaired) electrons. The Bertz CT molecular complexity index is 127. The zero-order valence-corrected chi connectivity index (χ0v) is 8.96. The van der Waals surface area contributed by atoms with E-state index in [1.165, 1.54) is 0 Å². The smallest absolute Gasteiger partial charge is 0.0933 e. The third-order valence-corrected chi connectivity index (χ3v) is 2.03. The van der Waals surface area contributed by atoms with Crippen LogP contribution in [0, 0.1) is 0 Å². The Labute approximate surface area is 85.9 Å². The fourth-order valence-corrected chi connectivity index (χ4v) is 1.31. The molecule has 1 N–H and O–H groups in total. The number of ether oxygens (including phenoxy) is 3. The van der Waals surface area contributed by atoms with E-state index in [4.69, 9.17) is 14.2 Å². The van der Waals surface area contributed by atoms with Gasteiger partial charge < -0.3 is 19.5 Å². The molecule has 1 rings (SSSR count). The predicted molar refractivity (Wildman–Crippen MR) is 54.5 cm³/mol. The van der Waals surface area contributed by atoms with E-state index in [-0.39, 0.29) is 6.10 Å². The molecule has 1 atom stereocenters. The molecule has 0 bridgehead atoms. The summed E-state index contributed by atoms with van der Waals surface area (Å²) < 4.78 is 16.2. The van der Waals surface area contributed by atoms with Crippen LogP contribution < -0.4 is 5.32 Å². The number of rotatable bonds is 7. The topological polar surface area (TPSA) is 39.7 Å². The van der Waals surface area contributed by atoms with Crippen LogP contribution in [-0.2, 0) is 14.2 Å². The molecule has 0 amide bonds. The highest BCUT2D eigenvalue weighted by Gasteiger charge is 2.12. The fraction of sp³-hybridized carbons (Fsp3) is 1.00. The van der Waals surface area contributed by atoms with Gasteiger partial charge in [-0.25, -0.2) is 0 Å². The number of nitrogens with one attached hydrogen (secondary N) is 1. The van der Waals surface area contributed by atoms with E-state index in [0.717, 1.165) is 32.7 Å². The minimum atomic E-state index is 0.218. The predicted octanol–water partition coefficient (Wildman–Crippen LogP) is 0.418. The molecule has 84 valence electrons. The van der Waals surface area contributed by atoms with Gasteiger partial charge in [0.05, 0.1) is 32.5 Å². The minimum absolute atomic E-state index is 0.218. The van der Waals surface area contributed by atoms with E-state index in [0.29, 0.717) is 19.8 Å². The zero-order chi connectivity index (χ0) is 10.1. The van der Waals surface area contributed by atoms with Gasteiger partial charge >= 0.3 is 0 Å². The molecule has 0 saturated carbocycles. The molecule has 1 heterocycles. The molecule has 4 nitrogen and oxygen atoms in total. The first-order valence-corrected chi connectivity index (χ1v) is 5.41. The van der Waals surface area contributed by atoms with Gasteiger partial charge in [0.15, 0.2) is 0 Å². The van der Waals surface area contributed by atoms with Crippen molar-refractivity contribution >= 4 is 0 Å². The standard InChI is InChI=1S/C10H21NO3/c1-2-4-12-6-7-13-9-10-8-11-3-5-14-10/h10-11H,2-9H2,1H3. The van der Waals surface area contributed by atoms with E-state index in [9.17, 15) is 0 Å². The van der Waals surface area contributed by atoms with Crippen LogP contribution in [0.3, 0.4) is 0 Å². The van der Waals surface area contributed by atoms with Gasteiger partial charge in [0, 0.05) is 19.7 Å². The van der Waals surface area contributed by atoms with Crippen molar-refractivity contribution in [1.82, 2.24) is 5.32 Å². The number of hydrogen-bond donors (Lipinski definition) is 1. The first-order valence-electron chi connectivity index (χ1n) is 5.41. The second kappa shape index (κ2) is 8.17. The number of morpholine rings is 1. The summed E-state index contributed by atoms with van der Waals surface area (Å²) in [5, 5.41) is 3.26. The van der Waals surface area contributed by atoms with E-state index in [2.05, 4.69) is 12.2 Å². The summed E-state index contributed by atoms with van der Waals surface area (Å²) in [6.07, 6.45) is 1.28. The lowest BCUT2D eigenvalue weighted by atomic mass is 10.3. The molecular weight excluding hydrogens is 182 g/mol. The van der Waals surface area contributed by atoms with Crippen LogP contribution >= 0.6 is 0 Å². The van der Waals surface area contributed by atoms with Crippen molar-refractivity contribution in [2.75, 3.05) is 46.1 Å². The normalized spacial score (nSPS) is 22.5. The zero-order valence-electron chi connectivity index (χ0n) is 8.96. The number of hydrogen-bond acceptors (Lipinski definition) is 4. The summed E-state index contributed by atoms with van der Waals surface area (Å²) in [6.45, 7) is 7.59. The van der Waals surface area contributed by atoms with E-state index in [1.54, 1.807) is 0 Å². The highest BCUT2D eigenvalue weighted by molar-refractivity contribution is 4.65. The molecule has 1 fully saturated rings. The molecule has 1 unspecified atom stereocenters. The maximum Gasteiger partial charge on any atom is 0.0933 e. The summed E-state index contributed by atoms with van der Waals surface area (Å²) >= 11 is 0. The quantitative estimate of drug-likeness (QED) is 0.609. The largest absolute Gasteiger partial charge is 0.379 e. The summed E-state index contributed by atoms with van der Waals surface area (Å²) in [7, 11) is 0. The van der Waals surface area contributed by atoms with Crippen molar-refractivity contribution in [2.24, 2.45) is 0 Å². The molecule has 14 heavy (non-hydrogen) atoms. The van der Waals surface area contributed by atoms with Crippen LogP contribution in [0.25, 0.3) is 0 Å². The van der Waals surface area contributed by atoms with Crippen molar-refractivity contribution < 1.29 is 14.2 Å². The van der Waals surface area contributed by atoms with Crippen LogP contribution in [0.5, 0.6) is 0 Å². The van der Waals surface area contributed by atoms with Crippen molar-refractivity contribution in [3.63, 3.8) is 0 Å². The first-order chi connectivity index (χ1) is 6.93. The average Bonchev–Trinajstić information content (AvgIpc) is 2.25. The highest BCUT2D eigenvalue weighted by Crippen LogP contribution is 1.96. The van der Waals surface area contributed by atoms with Gasteiger partial charge in [0.2, 0.25) is 0 Å². The average molecular weight is 203 g/mol. The van der Waals surface area contributed by atoms with Gasteiger partial charge in [0.1, 0.15) is 0 Å². The molecule has 0 aliphatic carbocycles. The molecular formula is C10H21NO3. The van der Waals surface area contributed by atoms with Gasteiger partial charge in [-0.05, 0) is 6.42 Å². The Morgan fingerprint density at radius 3 is 2.86 bits per heavy atom. The second-order valence-corrected chi connectivity index (χ2v) is 3.38. The van der Waals surface area contributed by atoms with Crippen molar-refractivity contribution in [3.05, 3.63) is 0 Å². The third-order valence-electron chi connectivity index (χ3n) is 2.03. The molecule has 4 heteroatoms. The summed E-state index contributed by atoms with van der Waals surface area (Å²) in [5.74, 6) is 0. The lowest BCUT2D eigenvalue weighted by Gasteiger charge is -2.23. The Kier molecular flexibility index (Phi) is 6.95. The van der Waals surface area contributed by atoms with Gasteiger partial charge in [0.25, 0.3) is 0 Å². The second-order valence-electron chi connectivity index (χ2n) is 3.38. The Morgan fingerprint density at radius 2 is 2.14 bits per heavy atom. The summed E-state index contributed by atoms with van der Waals surface area (Å²) in [4.78, 5) is 0.